The molecule has 1 fully saturated rings. The van der Waals surface area contributed by atoms with Crippen LogP contribution in [0.15, 0.2) is 24.5 Å². The Bertz CT molecular complexity index is 1150. The third kappa shape index (κ3) is 4.42. The molecule has 4 rings (SSSR count). The van der Waals surface area contributed by atoms with Crippen molar-refractivity contribution in [2.45, 2.75) is 12.5 Å². The molecule has 1 saturated heterocycles. The molecule has 0 amide bonds. The van der Waals surface area contributed by atoms with Gasteiger partial charge in [-0.05, 0) is 16.7 Å². The van der Waals surface area contributed by atoms with Gasteiger partial charge in [0.2, 0.25) is 0 Å². The molecular weight excluding hydrogens is 511 g/mol. The van der Waals surface area contributed by atoms with Crippen LogP contribution in [-0.4, -0.2) is 58.6 Å². The summed E-state index contributed by atoms with van der Waals surface area (Å²) in [5.41, 5.74) is -2.40. The number of aliphatic hydroxyl groups is 1. The zero-order valence-corrected chi connectivity index (χ0v) is 18.6. The number of aromatic nitrogens is 2. The smallest absolute Gasteiger partial charge is 0.415 e. The maximum absolute atomic E-state index is 14.8. The molecule has 0 bridgehead atoms. The van der Waals surface area contributed by atoms with Crippen LogP contribution in [-0.2, 0) is 26.8 Å². The van der Waals surface area contributed by atoms with Gasteiger partial charge in [-0.2, -0.15) is 8.78 Å². The fraction of sp³-hybridized carbons (Fsp3) is 0.368. The van der Waals surface area contributed by atoms with Crippen LogP contribution in [0, 0.1) is 0 Å². The normalized spacial score (nSPS) is 19.1. The minimum atomic E-state index is -4.58. The van der Waals surface area contributed by atoms with E-state index in [1.165, 1.54) is 4.90 Å². The number of fused-ring (bicyclic) bond motifs is 1. The van der Waals surface area contributed by atoms with Crippen molar-refractivity contribution < 1.29 is 41.1 Å². The number of hydrogen-bond acceptors (Lipinski definition) is 7. The van der Waals surface area contributed by atoms with Gasteiger partial charge in [0, 0.05) is 36.1 Å². The van der Waals surface area contributed by atoms with Gasteiger partial charge in [0.15, 0.2) is 22.6 Å². The molecule has 1 aromatic heterocycles. The number of benzene rings is 1. The summed E-state index contributed by atoms with van der Waals surface area (Å²) in [6.45, 7) is -0.496. The quantitative estimate of drug-likeness (QED) is 0.568. The van der Waals surface area contributed by atoms with Crippen molar-refractivity contribution >= 4 is 44.8 Å². The molecule has 15 heteroatoms. The second-order valence-corrected chi connectivity index (χ2v) is 8.93. The summed E-state index contributed by atoms with van der Waals surface area (Å²) in [7, 11) is -2.68. The van der Waals surface area contributed by atoms with E-state index >= 15 is 0 Å². The lowest BCUT2D eigenvalue weighted by atomic mass is 10.0. The van der Waals surface area contributed by atoms with E-state index in [-0.39, 0.29) is 48.5 Å². The van der Waals surface area contributed by atoms with Crippen LogP contribution in [0.1, 0.15) is 16.8 Å². The summed E-state index contributed by atoms with van der Waals surface area (Å²) in [4.78, 5) is 11.4. The number of nitrogens with zero attached hydrogens (tertiary/aromatic N) is 4. The molecule has 1 unspecified atom stereocenters. The molecule has 0 saturated carbocycles. The minimum absolute atomic E-state index is 0.127. The van der Waals surface area contributed by atoms with Crippen LogP contribution >= 0.6 is 11.6 Å². The average molecular weight is 527 g/mol. The number of morpholine rings is 1. The van der Waals surface area contributed by atoms with Gasteiger partial charge in [-0.25, -0.2) is 23.0 Å². The lowest BCUT2D eigenvalue weighted by Gasteiger charge is -2.34. The highest BCUT2D eigenvalue weighted by molar-refractivity contribution is 7.96. The first kappa shape index (κ1) is 24.6. The monoisotopic (exact) mass is 526 g/mol. The first-order valence-electron chi connectivity index (χ1n) is 9.72. The molecule has 2 aromatic rings. The van der Waals surface area contributed by atoms with Crippen LogP contribution in [0.2, 0.25) is 5.02 Å². The molecule has 2 aliphatic heterocycles. The number of rotatable bonds is 6. The third-order valence-electron chi connectivity index (χ3n) is 5.10. The molecule has 0 aliphatic carbocycles. The van der Waals surface area contributed by atoms with E-state index in [2.05, 4.69) is 14.9 Å². The molecule has 1 aromatic carbocycles. The van der Waals surface area contributed by atoms with Crippen LogP contribution < -0.4 is 9.21 Å². The minimum Gasteiger partial charge on any atom is -0.504 e. The molecule has 0 radical (unpaired) electrons. The van der Waals surface area contributed by atoms with Crippen LogP contribution in [0.4, 0.5) is 33.6 Å². The van der Waals surface area contributed by atoms with Crippen molar-refractivity contribution in [1.29, 1.82) is 0 Å². The van der Waals surface area contributed by atoms with Gasteiger partial charge in [-0.15, -0.1) is 4.94 Å². The van der Waals surface area contributed by atoms with Crippen LogP contribution in [0.25, 0.3) is 10.7 Å². The Kier molecular flexibility index (Phi) is 6.94. The standard InChI is InChI=1S/C19H16ClF5N4O4S/c20-10-7-11(14(19(23,24)33-25)12(8-10)28-3-5-32-6-4-28)17-16(30)15-18(27-2-1-26-15)29(34(17)31)9-13(21)22/h1-2,7-8,13,30H,3-6,9H2. The zero-order chi connectivity index (χ0) is 24.6. The van der Waals surface area contributed by atoms with E-state index in [0.717, 1.165) is 24.5 Å². The predicted octanol–water partition coefficient (Wildman–Crippen LogP) is 4.05. The number of halogens is 6. The fourth-order valence-corrected chi connectivity index (χ4v) is 5.31. The molecule has 1 atom stereocenters. The topological polar surface area (TPSA) is 88.0 Å². The summed E-state index contributed by atoms with van der Waals surface area (Å²) in [6, 6.07) is 2.05. The van der Waals surface area contributed by atoms with Crippen molar-refractivity contribution in [3.8, 4) is 0 Å². The summed E-state index contributed by atoms with van der Waals surface area (Å²) in [6.07, 6.45) is -5.34. The van der Waals surface area contributed by atoms with E-state index < -0.39 is 51.9 Å². The second-order valence-electron chi connectivity index (χ2n) is 7.15. The Balaban J connectivity index is 2.01. The van der Waals surface area contributed by atoms with Crippen LogP contribution in [0.3, 0.4) is 0 Å². The Morgan fingerprint density at radius 2 is 1.91 bits per heavy atom. The molecule has 184 valence electrons. The molecule has 34 heavy (non-hydrogen) atoms. The maximum Gasteiger partial charge on any atom is 0.415 e. The molecular formula is C19H16ClF5N4O4S. The largest absolute Gasteiger partial charge is 0.504 e. The Morgan fingerprint density at radius 3 is 2.56 bits per heavy atom. The first-order chi connectivity index (χ1) is 16.2. The first-order valence-corrected chi connectivity index (χ1v) is 11.2. The van der Waals surface area contributed by atoms with E-state index in [4.69, 9.17) is 16.3 Å². The highest BCUT2D eigenvalue weighted by Crippen LogP contribution is 2.47. The predicted molar refractivity (Wildman–Crippen MR) is 114 cm³/mol. The highest BCUT2D eigenvalue weighted by Gasteiger charge is 2.45. The molecule has 2 aliphatic rings. The van der Waals surface area contributed by atoms with Gasteiger partial charge in [0.05, 0.1) is 31.0 Å². The van der Waals surface area contributed by atoms with Crippen molar-refractivity contribution in [2.75, 3.05) is 42.1 Å². The average Bonchev–Trinajstić information content (AvgIpc) is 2.81. The summed E-state index contributed by atoms with van der Waals surface area (Å²) in [5, 5.41) is 10.7. The van der Waals surface area contributed by atoms with Crippen LogP contribution in [0.5, 0.6) is 0 Å². The van der Waals surface area contributed by atoms with Gasteiger partial charge >= 0.3 is 6.11 Å². The van der Waals surface area contributed by atoms with Crippen molar-refractivity contribution in [2.24, 2.45) is 0 Å². The highest BCUT2D eigenvalue weighted by atomic mass is 35.5. The van der Waals surface area contributed by atoms with E-state index in [1.807, 2.05) is 0 Å². The Hall–Kier alpha value is -2.55. The van der Waals surface area contributed by atoms with Crippen molar-refractivity contribution in [3.05, 3.63) is 46.4 Å². The number of anilines is 2. The van der Waals surface area contributed by atoms with E-state index in [0.29, 0.717) is 4.31 Å². The summed E-state index contributed by atoms with van der Waals surface area (Å²) in [5.74, 6) is -1.20. The van der Waals surface area contributed by atoms with E-state index in [9.17, 15) is 31.4 Å². The van der Waals surface area contributed by atoms with Gasteiger partial charge in [-0.3, -0.25) is 4.31 Å². The summed E-state index contributed by atoms with van der Waals surface area (Å²) >= 11 is 6.17. The lowest BCUT2D eigenvalue weighted by molar-refractivity contribution is -0.364. The number of hydrogen-bond donors (Lipinski definition) is 1. The number of alkyl halides is 4. The Labute approximate surface area is 197 Å². The van der Waals surface area contributed by atoms with E-state index in [1.54, 1.807) is 0 Å². The van der Waals surface area contributed by atoms with Crippen molar-refractivity contribution in [1.82, 2.24) is 9.97 Å². The molecule has 1 N–H and O–H groups in total. The second kappa shape index (κ2) is 9.60. The lowest BCUT2D eigenvalue weighted by Crippen LogP contribution is -2.39. The number of aliphatic hydroxyl groups excluding tert-OH is 1. The van der Waals surface area contributed by atoms with Gasteiger partial charge in [0.1, 0.15) is 10.6 Å². The van der Waals surface area contributed by atoms with Crippen molar-refractivity contribution in [3.63, 3.8) is 0 Å². The van der Waals surface area contributed by atoms with Gasteiger partial charge < -0.3 is 14.7 Å². The van der Waals surface area contributed by atoms with Gasteiger partial charge in [0.25, 0.3) is 6.43 Å². The molecule has 0 spiro atoms. The SMILES string of the molecule is O=S1C(c2cc(Cl)cc(N3CCOCC3)c2C(F)(F)OF)=C(O)c2nccnc2N1CC(F)F. The fourth-order valence-electron chi connectivity index (χ4n) is 3.73. The third-order valence-corrected chi connectivity index (χ3v) is 6.80. The number of ether oxygens (including phenoxy) is 1. The zero-order valence-electron chi connectivity index (χ0n) is 17.1. The van der Waals surface area contributed by atoms with Gasteiger partial charge in [-0.1, -0.05) is 11.6 Å². The molecule has 8 nitrogen and oxygen atoms in total. The Morgan fingerprint density at radius 1 is 1.24 bits per heavy atom. The maximum atomic E-state index is 14.8. The molecule has 3 heterocycles. The summed E-state index contributed by atoms with van der Waals surface area (Å²) < 4.78 is 88.5.